The van der Waals surface area contributed by atoms with E-state index in [9.17, 15) is 0 Å². The van der Waals surface area contributed by atoms with Crippen LogP contribution in [0.3, 0.4) is 0 Å². The van der Waals surface area contributed by atoms with Crippen molar-refractivity contribution in [3.05, 3.63) is 0 Å². The van der Waals surface area contributed by atoms with Gasteiger partial charge in [-0.05, 0) is 38.1 Å². The molecule has 2 saturated carbocycles. The lowest BCUT2D eigenvalue weighted by Gasteiger charge is -2.25. The Morgan fingerprint density at radius 1 is 0.929 bits per heavy atom. The smallest absolute Gasteiger partial charge is 0.0219 e. The molecule has 0 aliphatic heterocycles. The van der Waals surface area contributed by atoms with Crippen LogP contribution in [0.2, 0.25) is 0 Å². The normalized spacial score (nSPS) is 34.9. The highest BCUT2D eigenvalue weighted by atomic mass is 15.0. The van der Waals surface area contributed by atoms with E-state index in [1.807, 2.05) is 0 Å². The van der Waals surface area contributed by atoms with Gasteiger partial charge in [0.1, 0.15) is 0 Å². The predicted octanol–water partition coefficient (Wildman–Crippen LogP) is 2.04. The minimum Gasteiger partial charge on any atom is -0.326 e. The minimum atomic E-state index is 0.429. The molecule has 0 spiro atoms. The molecule has 0 aromatic heterocycles. The summed E-state index contributed by atoms with van der Waals surface area (Å²) in [4.78, 5) is 0. The number of hydrogen-bond acceptors (Lipinski definition) is 2. The van der Waals surface area contributed by atoms with Gasteiger partial charge in [-0.15, -0.1) is 0 Å². The molecule has 0 radical (unpaired) electrons. The Bertz CT molecular complexity index is 164. The largest absolute Gasteiger partial charge is 0.326 e. The summed E-state index contributed by atoms with van der Waals surface area (Å²) in [6.07, 6.45) is 11.1. The minimum absolute atomic E-state index is 0.429. The zero-order chi connectivity index (χ0) is 9.80. The summed E-state index contributed by atoms with van der Waals surface area (Å²) >= 11 is 0. The molecule has 14 heavy (non-hydrogen) atoms. The van der Waals surface area contributed by atoms with Crippen LogP contribution in [0.15, 0.2) is 0 Å². The maximum absolute atomic E-state index is 6.03. The maximum Gasteiger partial charge on any atom is 0.0219 e. The highest BCUT2D eigenvalue weighted by Crippen LogP contribution is 2.24. The van der Waals surface area contributed by atoms with E-state index in [1.54, 1.807) is 0 Å². The summed E-state index contributed by atoms with van der Waals surface area (Å²) in [5.41, 5.74) is 6.03. The second-order valence-corrected chi connectivity index (χ2v) is 5.11. The van der Waals surface area contributed by atoms with Gasteiger partial charge < -0.3 is 11.1 Å². The van der Waals surface area contributed by atoms with E-state index in [0.717, 1.165) is 5.92 Å². The molecule has 0 saturated heterocycles. The molecular weight excluding hydrogens is 172 g/mol. The Morgan fingerprint density at radius 2 is 1.71 bits per heavy atom. The highest BCUT2D eigenvalue weighted by molar-refractivity contribution is 4.86. The first-order valence-corrected chi connectivity index (χ1v) is 6.35. The first-order valence-electron chi connectivity index (χ1n) is 6.35. The Balaban J connectivity index is 1.65. The second-order valence-electron chi connectivity index (χ2n) is 5.11. The van der Waals surface area contributed by atoms with Gasteiger partial charge in [0.15, 0.2) is 0 Å². The summed E-state index contributed by atoms with van der Waals surface area (Å²) in [6.45, 7) is 1.22. The van der Waals surface area contributed by atoms with Gasteiger partial charge in [-0.25, -0.2) is 0 Å². The van der Waals surface area contributed by atoms with Gasteiger partial charge in [0.25, 0.3) is 0 Å². The van der Waals surface area contributed by atoms with Gasteiger partial charge in [-0.3, -0.25) is 0 Å². The van der Waals surface area contributed by atoms with Crippen LogP contribution in [0.1, 0.15) is 51.4 Å². The molecule has 0 aromatic carbocycles. The Labute approximate surface area is 87.6 Å². The molecule has 2 nitrogen and oxygen atoms in total. The van der Waals surface area contributed by atoms with Gasteiger partial charge in [0.05, 0.1) is 0 Å². The summed E-state index contributed by atoms with van der Waals surface area (Å²) in [7, 11) is 0. The van der Waals surface area contributed by atoms with E-state index in [1.165, 1.54) is 57.9 Å². The average molecular weight is 196 g/mol. The fourth-order valence-corrected chi connectivity index (χ4v) is 2.95. The fraction of sp³-hybridized carbons (Fsp3) is 1.00. The molecule has 2 aliphatic carbocycles. The molecule has 2 aliphatic rings. The molecular formula is C12H24N2. The number of nitrogens with one attached hydrogen (secondary N) is 1. The standard InChI is InChI=1S/C12H24N2/c13-11-7-4-8-12(11)14-9-10-5-2-1-3-6-10/h10-12,14H,1-9,13H2. The van der Waals surface area contributed by atoms with Crippen molar-refractivity contribution in [3.8, 4) is 0 Å². The van der Waals surface area contributed by atoms with E-state index in [4.69, 9.17) is 5.73 Å². The Kier molecular flexibility index (Phi) is 3.82. The summed E-state index contributed by atoms with van der Waals surface area (Å²) < 4.78 is 0. The van der Waals surface area contributed by atoms with Crippen molar-refractivity contribution in [2.24, 2.45) is 11.7 Å². The van der Waals surface area contributed by atoms with Gasteiger partial charge in [-0.1, -0.05) is 25.7 Å². The Hall–Kier alpha value is -0.0800. The van der Waals surface area contributed by atoms with Crippen molar-refractivity contribution in [2.45, 2.75) is 63.5 Å². The van der Waals surface area contributed by atoms with Crippen LogP contribution in [0, 0.1) is 5.92 Å². The lowest BCUT2D eigenvalue weighted by molar-refractivity contribution is 0.321. The molecule has 2 fully saturated rings. The molecule has 0 aromatic rings. The molecule has 82 valence electrons. The van der Waals surface area contributed by atoms with Gasteiger partial charge in [0, 0.05) is 12.1 Å². The zero-order valence-corrected chi connectivity index (χ0v) is 9.17. The molecule has 0 heterocycles. The maximum atomic E-state index is 6.03. The van der Waals surface area contributed by atoms with Gasteiger partial charge in [-0.2, -0.15) is 0 Å². The third kappa shape index (κ3) is 2.71. The summed E-state index contributed by atoms with van der Waals surface area (Å²) in [5.74, 6) is 0.941. The number of rotatable bonds is 3. The van der Waals surface area contributed by atoms with Crippen LogP contribution in [0.4, 0.5) is 0 Å². The van der Waals surface area contributed by atoms with E-state index < -0.39 is 0 Å². The lowest BCUT2D eigenvalue weighted by Crippen LogP contribution is -2.43. The highest BCUT2D eigenvalue weighted by Gasteiger charge is 2.24. The molecule has 2 heteroatoms. The first kappa shape index (κ1) is 10.4. The molecule has 3 N–H and O–H groups in total. The van der Waals surface area contributed by atoms with Crippen LogP contribution in [0.25, 0.3) is 0 Å². The van der Waals surface area contributed by atoms with Crippen molar-refractivity contribution >= 4 is 0 Å². The molecule has 2 rings (SSSR count). The third-order valence-corrected chi connectivity index (χ3v) is 3.96. The van der Waals surface area contributed by atoms with Crippen molar-refractivity contribution in [1.82, 2.24) is 5.32 Å². The summed E-state index contributed by atoms with van der Waals surface area (Å²) in [6, 6.07) is 1.05. The second kappa shape index (κ2) is 5.13. The van der Waals surface area contributed by atoms with E-state index >= 15 is 0 Å². The quantitative estimate of drug-likeness (QED) is 0.725. The lowest BCUT2D eigenvalue weighted by atomic mass is 9.89. The van der Waals surface area contributed by atoms with Crippen molar-refractivity contribution < 1.29 is 0 Å². The van der Waals surface area contributed by atoms with Gasteiger partial charge >= 0.3 is 0 Å². The molecule has 0 bridgehead atoms. The van der Waals surface area contributed by atoms with Crippen molar-refractivity contribution in [3.63, 3.8) is 0 Å². The zero-order valence-electron chi connectivity index (χ0n) is 9.17. The van der Waals surface area contributed by atoms with Crippen LogP contribution in [0.5, 0.6) is 0 Å². The Morgan fingerprint density at radius 3 is 2.36 bits per heavy atom. The van der Waals surface area contributed by atoms with E-state index in [0.29, 0.717) is 12.1 Å². The predicted molar refractivity (Wildman–Crippen MR) is 60.2 cm³/mol. The average Bonchev–Trinajstić information content (AvgIpc) is 2.63. The number of hydrogen-bond donors (Lipinski definition) is 2. The van der Waals surface area contributed by atoms with Crippen LogP contribution in [-0.4, -0.2) is 18.6 Å². The van der Waals surface area contributed by atoms with Crippen LogP contribution in [-0.2, 0) is 0 Å². The van der Waals surface area contributed by atoms with Gasteiger partial charge in [0.2, 0.25) is 0 Å². The van der Waals surface area contributed by atoms with E-state index in [2.05, 4.69) is 5.32 Å². The monoisotopic (exact) mass is 196 g/mol. The van der Waals surface area contributed by atoms with Crippen LogP contribution < -0.4 is 11.1 Å². The topological polar surface area (TPSA) is 38.0 Å². The fourth-order valence-electron chi connectivity index (χ4n) is 2.95. The number of nitrogens with two attached hydrogens (primary N) is 1. The van der Waals surface area contributed by atoms with Crippen LogP contribution >= 0.6 is 0 Å². The molecule has 2 atom stereocenters. The van der Waals surface area contributed by atoms with E-state index in [-0.39, 0.29) is 0 Å². The van der Waals surface area contributed by atoms with Crippen molar-refractivity contribution in [1.29, 1.82) is 0 Å². The van der Waals surface area contributed by atoms with Crippen molar-refractivity contribution in [2.75, 3.05) is 6.54 Å². The third-order valence-electron chi connectivity index (χ3n) is 3.96. The SMILES string of the molecule is NC1CCCC1NCC1CCCCC1. The molecule has 2 unspecified atom stereocenters. The molecule has 0 amide bonds. The first-order chi connectivity index (χ1) is 6.86. The summed E-state index contributed by atoms with van der Waals surface area (Å²) in [5, 5.41) is 3.68.